The number of carbonyl (C=O) groups is 3. The van der Waals surface area contributed by atoms with Gasteiger partial charge in [0.05, 0.1) is 0 Å². The third kappa shape index (κ3) is 3.40. The van der Waals surface area contributed by atoms with Crippen molar-refractivity contribution in [3.05, 3.63) is 11.6 Å². The lowest BCUT2D eigenvalue weighted by atomic mass is 9.44. The maximum Gasteiger partial charge on any atom is 0.307 e. The summed E-state index contributed by atoms with van der Waals surface area (Å²) in [6.45, 7) is 8.60. The largest absolute Gasteiger partial charge is 0.450 e. The van der Waals surface area contributed by atoms with Crippen molar-refractivity contribution in [2.45, 2.75) is 110 Å². The van der Waals surface area contributed by atoms with E-state index in [2.05, 4.69) is 20.8 Å². The maximum atomic E-state index is 13.2. The lowest BCUT2D eigenvalue weighted by Crippen LogP contribution is -2.59. The number of allylic oxidation sites excluding steroid dienone is 1. The number of ether oxygens (including phenoxy) is 1. The van der Waals surface area contributed by atoms with E-state index in [4.69, 9.17) is 4.74 Å². The van der Waals surface area contributed by atoms with Crippen molar-refractivity contribution in [1.29, 1.82) is 0 Å². The van der Waals surface area contributed by atoms with Crippen LogP contribution in [0.2, 0.25) is 0 Å². The number of hydrogen-bond acceptors (Lipinski definition) is 4. The van der Waals surface area contributed by atoms with E-state index < -0.39 is 5.60 Å². The normalized spacial score (nSPS) is 45.1. The maximum absolute atomic E-state index is 13.2. The van der Waals surface area contributed by atoms with Crippen molar-refractivity contribution in [2.24, 2.45) is 40.4 Å². The topological polar surface area (TPSA) is 60.4 Å². The van der Waals surface area contributed by atoms with Crippen molar-refractivity contribution in [3.8, 4) is 0 Å². The van der Waals surface area contributed by atoms with Gasteiger partial charge in [-0.2, -0.15) is 0 Å². The highest BCUT2D eigenvalue weighted by Crippen LogP contribution is 2.69. The standard InChI is InChI=1S/C29H42O4/c1-18-15-22-23(27(3)12-9-21(31)17-25(18)27)10-13-28(4)24(22)11-14-29(28,19(2)30)33-26(32)16-20-7-5-6-8-20/h17-18,20,22-24H,5-16H2,1-4H3/t18-,22+,23-,24-,27+,28-,29-/m0/s1. The van der Waals surface area contributed by atoms with Gasteiger partial charge in [0, 0.05) is 18.3 Å². The van der Waals surface area contributed by atoms with Crippen LogP contribution < -0.4 is 0 Å². The van der Waals surface area contributed by atoms with Crippen LogP contribution in [0.15, 0.2) is 11.6 Å². The zero-order chi connectivity index (χ0) is 23.6. The highest BCUT2D eigenvalue weighted by molar-refractivity contribution is 5.92. The average Bonchev–Trinajstić information content (AvgIpc) is 3.36. The molecule has 0 spiro atoms. The lowest BCUT2D eigenvalue weighted by molar-refractivity contribution is -0.190. The van der Waals surface area contributed by atoms with Gasteiger partial charge in [-0.1, -0.05) is 39.2 Å². The molecular formula is C29H42O4. The van der Waals surface area contributed by atoms with Gasteiger partial charge in [-0.05, 0) is 99.4 Å². The quantitative estimate of drug-likeness (QED) is 0.473. The molecule has 0 radical (unpaired) electrons. The third-order valence-corrected chi connectivity index (χ3v) is 11.2. The molecule has 0 saturated heterocycles. The Kier molecular flexibility index (Phi) is 5.69. The molecule has 4 heteroatoms. The summed E-state index contributed by atoms with van der Waals surface area (Å²) in [5.74, 6) is 2.51. The van der Waals surface area contributed by atoms with Crippen LogP contribution in [0.3, 0.4) is 0 Å². The zero-order valence-electron chi connectivity index (χ0n) is 21.1. The second-order valence-electron chi connectivity index (χ2n) is 12.7. The van der Waals surface area contributed by atoms with Crippen LogP contribution in [0.4, 0.5) is 0 Å². The molecule has 0 heterocycles. The second kappa shape index (κ2) is 8.05. The molecule has 0 amide bonds. The summed E-state index contributed by atoms with van der Waals surface area (Å²) in [6.07, 6.45) is 13.4. The average molecular weight is 455 g/mol. The Labute approximate surface area is 199 Å². The molecule has 5 aliphatic rings. The molecular weight excluding hydrogens is 412 g/mol. The van der Waals surface area contributed by atoms with Gasteiger partial charge in [0.2, 0.25) is 0 Å². The smallest absolute Gasteiger partial charge is 0.307 e. The summed E-state index contributed by atoms with van der Waals surface area (Å²) in [5.41, 5.74) is 0.231. The Morgan fingerprint density at radius 2 is 1.73 bits per heavy atom. The van der Waals surface area contributed by atoms with E-state index in [1.165, 1.54) is 18.4 Å². The molecule has 0 aromatic heterocycles. The molecule has 0 unspecified atom stereocenters. The van der Waals surface area contributed by atoms with E-state index in [1.807, 2.05) is 6.08 Å². The Morgan fingerprint density at radius 3 is 2.42 bits per heavy atom. The van der Waals surface area contributed by atoms with Crippen LogP contribution in [0.25, 0.3) is 0 Å². The summed E-state index contributed by atoms with van der Waals surface area (Å²) >= 11 is 0. The van der Waals surface area contributed by atoms with Crippen LogP contribution in [0.5, 0.6) is 0 Å². The van der Waals surface area contributed by atoms with E-state index >= 15 is 0 Å². The number of fused-ring (bicyclic) bond motifs is 5. The van der Waals surface area contributed by atoms with Gasteiger partial charge >= 0.3 is 5.97 Å². The first-order valence-electron chi connectivity index (χ1n) is 13.6. The molecule has 5 rings (SSSR count). The molecule has 4 saturated carbocycles. The SMILES string of the molecule is CC(=O)[C@@]1(OC(=O)CC2CCCC2)CC[C@H]2[C@@H]3C[C@H](C)C4=CC(=O)CC[C@]4(C)[C@H]3CC[C@@]21C. The summed E-state index contributed by atoms with van der Waals surface area (Å²) in [7, 11) is 0. The van der Waals surface area contributed by atoms with Gasteiger partial charge in [0.25, 0.3) is 0 Å². The molecule has 7 atom stereocenters. The summed E-state index contributed by atoms with van der Waals surface area (Å²) in [4.78, 5) is 38.5. The second-order valence-corrected chi connectivity index (χ2v) is 12.7. The minimum atomic E-state index is -0.957. The minimum absolute atomic E-state index is 0.0460. The van der Waals surface area contributed by atoms with Crippen LogP contribution >= 0.6 is 0 Å². The van der Waals surface area contributed by atoms with Gasteiger partial charge in [0.15, 0.2) is 17.2 Å². The molecule has 33 heavy (non-hydrogen) atoms. The molecule has 0 aromatic rings. The first-order valence-corrected chi connectivity index (χ1v) is 13.6. The van der Waals surface area contributed by atoms with Crippen molar-refractivity contribution >= 4 is 17.5 Å². The van der Waals surface area contributed by atoms with Crippen LogP contribution in [0, 0.1) is 40.4 Å². The van der Waals surface area contributed by atoms with Crippen molar-refractivity contribution in [1.82, 2.24) is 0 Å². The molecule has 4 nitrogen and oxygen atoms in total. The number of Topliss-reactive ketones (excluding diaryl/α,β-unsaturated/α-hetero) is 1. The van der Waals surface area contributed by atoms with Gasteiger partial charge in [-0.25, -0.2) is 0 Å². The fourth-order valence-electron chi connectivity index (χ4n) is 9.49. The molecule has 0 aliphatic heterocycles. The Balaban J connectivity index is 1.43. The Bertz CT molecular complexity index is 882. The van der Waals surface area contributed by atoms with Gasteiger partial charge in [0.1, 0.15) is 0 Å². The van der Waals surface area contributed by atoms with E-state index in [1.54, 1.807) is 6.92 Å². The van der Waals surface area contributed by atoms with Gasteiger partial charge in [-0.15, -0.1) is 0 Å². The number of ketones is 2. The minimum Gasteiger partial charge on any atom is -0.450 e. The van der Waals surface area contributed by atoms with Gasteiger partial charge < -0.3 is 4.74 Å². The Morgan fingerprint density at radius 1 is 1.03 bits per heavy atom. The van der Waals surface area contributed by atoms with Gasteiger partial charge in [-0.3, -0.25) is 14.4 Å². The number of esters is 1. The van der Waals surface area contributed by atoms with E-state index in [0.29, 0.717) is 54.6 Å². The highest BCUT2D eigenvalue weighted by Gasteiger charge is 2.68. The fraction of sp³-hybridized carbons (Fsp3) is 0.828. The third-order valence-electron chi connectivity index (χ3n) is 11.2. The first-order chi connectivity index (χ1) is 15.6. The van der Waals surface area contributed by atoms with Crippen LogP contribution in [-0.2, 0) is 19.1 Å². The van der Waals surface area contributed by atoms with Crippen LogP contribution in [0.1, 0.15) is 105 Å². The number of carbonyl (C=O) groups excluding carboxylic acids is 3. The molecule has 5 aliphatic carbocycles. The van der Waals surface area contributed by atoms with Crippen molar-refractivity contribution in [3.63, 3.8) is 0 Å². The molecule has 182 valence electrons. The van der Waals surface area contributed by atoms with Crippen molar-refractivity contribution < 1.29 is 19.1 Å². The van der Waals surface area contributed by atoms with Crippen LogP contribution in [-0.4, -0.2) is 23.1 Å². The fourth-order valence-corrected chi connectivity index (χ4v) is 9.49. The lowest BCUT2D eigenvalue weighted by Gasteiger charge is -2.60. The van der Waals surface area contributed by atoms with E-state index in [0.717, 1.165) is 44.9 Å². The predicted octanol–water partition coefficient (Wildman–Crippen LogP) is 6.22. The van der Waals surface area contributed by atoms with E-state index in [-0.39, 0.29) is 22.6 Å². The monoisotopic (exact) mass is 454 g/mol. The summed E-state index contributed by atoms with van der Waals surface area (Å²) in [5, 5.41) is 0. The number of hydrogen-bond donors (Lipinski definition) is 0. The van der Waals surface area contributed by atoms with E-state index in [9.17, 15) is 14.4 Å². The number of rotatable bonds is 4. The molecule has 0 bridgehead atoms. The predicted molar refractivity (Wildman–Crippen MR) is 127 cm³/mol. The zero-order valence-corrected chi connectivity index (χ0v) is 21.1. The highest BCUT2D eigenvalue weighted by atomic mass is 16.6. The van der Waals surface area contributed by atoms with Crippen molar-refractivity contribution in [2.75, 3.05) is 0 Å². The summed E-state index contributed by atoms with van der Waals surface area (Å²) in [6, 6.07) is 0. The summed E-state index contributed by atoms with van der Waals surface area (Å²) < 4.78 is 6.30. The molecule has 4 fully saturated rings. The molecule has 0 N–H and O–H groups in total. The Hall–Kier alpha value is -1.45. The first kappa shape index (κ1) is 23.3. The molecule has 0 aromatic carbocycles.